The maximum Gasteiger partial charge on any atom is 0.273 e. The van der Waals surface area contributed by atoms with Gasteiger partial charge in [0, 0.05) is 25.7 Å². The molecule has 0 bridgehead atoms. The molecule has 6 heteroatoms. The third-order valence-corrected chi connectivity index (χ3v) is 3.91. The Bertz CT molecular complexity index is 506. The molecule has 1 aromatic rings. The highest BCUT2D eigenvalue weighted by Crippen LogP contribution is 2.37. The summed E-state index contributed by atoms with van der Waals surface area (Å²) < 4.78 is 5.70. The molecular formula is C13H17N3O3. The first-order chi connectivity index (χ1) is 9.19. The van der Waals surface area contributed by atoms with Gasteiger partial charge < -0.3 is 9.64 Å². The average molecular weight is 263 g/mol. The van der Waals surface area contributed by atoms with Crippen LogP contribution in [0.15, 0.2) is 18.2 Å². The van der Waals surface area contributed by atoms with Crippen LogP contribution in [0.1, 0.15) is 6.92 Å². The van der Waals surface area contributed by atoms with Gasteiger partial charge in [-0.05, 0) is 12.6 Å². The smallest absolute Gasteiger partial charge is 0.273 e. The zero-order valence-corrected chi connectivity index (χ0v) is 10.9. The largest absolute Gasteiger partial charge is 0.489 e. The summed E-state index contributed by atoms with van der Waals surface area (Å²) in [6, 6.07) is 5.23. The Morgan fingerprint density at radius 3 is 3.05 bits per heavy atom. The Morgan fingerprint density at radius 2 is 2.32 bits per heavy atom. The molecular weight excluding hydrogens is 246 g/mol. The van der Waals surface area contributed by atoms with Crippen LogP contribution in [-0.2, 0) is 0 Å². The number of anilines is 1. The van der Waals surface area contributed by atoms with Gasteiger partial charge in [0.05, 0.1) is 22.7 Å². The first-order valence-electron chi connectivity index (χ1n) is 6.59. The first-order valence-corrected chi connectivity index (χ1v) is 6.59. The van der Waals surface area contributed by atoms with E-state index in [4.69, 9.17) is 4.74 Å². The van der Waals surface area contributed by atoms with Crippen LogP contribution in [0.2, 0.25) is 0 Å². The highest BCUT2D eigenvalue weighted by atomic mass is 16.6. The zero-order chi connectivity index (χ0) is 13.4. The summed E-state index contributed by atoms with van der Waals surface area (Å²) in [4.78, 5) is 15.1. The number of piperazine rings is 1. The molecule has 0 radical (unpaired) electrons. The molecule has 0 aromatic heterocycles. The van der Waals surface area contributed by atoms with Gasteiger partial charge in [0.2, 0.25) is 0 Å². The molecule has 102 valence electrons. The fraction of sp³-hybridized carbons (Fsp3) is 0.538. The minimum atomic E-state index is -0.384. The minimum Gasteiger partial charge on any atom is -0.489 e. The maximum absolute atomic E-state index is 10.8. The van der Waals surface area contributed by atoms with Gasteiger partial charge in [-0.1, -0.05) is 6.92 Å². The average Bonchev–Trinajstić information content (AvgIpc) is 2.45. The molecule has 0 saturated carbocycles. The number of nitro benzene ring substituents is 1. The van der Waals surface area contributed by atoms with Gasteiger partial charge in [-0.2, -0.15) is 0 Å². The molecule has 1 fully saturated rings. The van der Waals surface area contributed by atoms with Crippen molar-refractivity contribution in [1.29, 1.82) is 0 Å². The summed E-state index contributed by atoms with van der Waals surface area (Å²) >= 11 is 0. The van der Waals surface area contributed by atoms with Gasteiger partial charge in [-0.25, -0.2) is 0 Å². The van der Waals surface area contributed by atoms with Crippen molar-refractivity contribution in [3.63, 3.8) is 0 Å². The Balaban J connectivity index is 1.88. The predicted molar refractivity (Wildman–Crippen MR) is 71.8 cm³/mol. The SMILES string of the molecule is CCN1CCN2c3ccc([N+](=O)[O-])cc3OC[C@@H]2C1. The highest BCUT2D eigenvalue weighted by molar-refractivity contribution is 5.64. The summed E-state index contributed by atoms with van der Waals surface area (Å²) in [7, 11) is 0. The van der Waals surface area contributed by atoms with E-state index < -0.39 is 0 Å². The van der Waals surface area contributed by atoms with E-state index in [0.717, 1.165) is 31.9 Å². The van der Waals surface area contributed by atoms with Crippen molar-refractivity contribution in [2.45, 2.75) is 13.0 Å². The molecule has 0 aliphatic carbocycles. The number of rotatable bonds is 2. The summed E-state index contributed by atoms with van der Waals surface area (Å²) in [5.74, 6) is 0.635. The molecule has 2 aliphatic heterocycles. The topological polar surface area (TPSA) is 58.9 Å². The number of nitro groups is 1. The second-order valence-electron chi connectivity index (χ2n) is 4.96. The normalized spacial score (nSPS) is 22.4. The molecule has 0 spiro atoms. The van der Waals surface area contributed by atoms with Crippen LogP contribution < -0.4 is 9.64 Å². The summed E-state index contributed by atoms with van der Waals surface area (Å²) in [5.41, 5.74) is 1.07. The van der Waals surface area contributed by atoms with Crippen LogP contribution in [-0.4, -0.2) is 48.7 Å². The van der Waals surface area contributed by atoms with E-state index >= 15 is 0 Å². The fourth-order valence-corrected chi connectivity index (χ4v) is 2.82. The lowest BCUT2D eigenvalue weighted by Crippen LogP contribution is -2.57. The first kappa shape index (κ1) is 12.2. The van der Waals surface area contributed by atoms with Crippen molar-refractivity contribution < 1.29 is 9.66 Å². The van der Waals surface area contributed by atoms with Gasteiger partial charge in [0.25, 0.3) is 5.69 Å². The lowest BCUT2D eigenvalue weighted by molar-refractivity contribution is -0.384. The molecule has 2 aliphatic rings. The Hall–Kier alpha value is -1.82. The van der Waals surface area contributed by atoms with Crippen molar-refractivity contribution >= 4 is 11.4 Å². The van der Waals surface area contributed by atoms with Crippen LogP contribution in [0.3, 0.4) is 0 Å². The van der Waals surface area contributed by atoms with Gasteiger partial charge >= 0.3 is 0 Å². The fourth-order valence-electron chi connectivity index (χ4n) is 2.82. The molecule has 2 heterocycles. The number of benzene rings is 1. The quantitative estimate of drug-likeness (QED) is 0.598. The van der Waals surface area contributed by atoms with Crippen LogP contribution in [0.4, 0.5) is 11.4 Å². The van der Waals surface area contributed by atoms with Crippen molar-refractivity contribution in [3.05, 3.63) is 28.3 Å². The number of nitrogens with zero attached hydrogens (tertiary/aromatic N) is 3. The summed E-state index contributed by atoms with van der Waals surface area (Å²) in [6.07, 6.45) is 0. The van der Waals surface area contributed by atoms with Gasteiger partial charge in [0.15, 0.2) is 0 Å². The van der Waals surface area contributed by atoms with E-state index in [0.29, 0.717) is 18.4 Å². The van der Waals surface area contributed by atoms with Crippen molar-refractivity contribution in [2.75, 3.05) is 37.7 Å². The molecule has 1 saturated heterocycles. The number of likely N-dealkylation sites (N-methyl/N-ethyl adjacent to an activating group) is 1. The van der Waals surface area contributed by atoms with E-state index in [1.54, 1.807) is 12.1 Å². The highest BCUT2D eigenvalue weighted by Gasteiger charge is 2.33. The second kappa shape index (κ2) is 4.70. The third kappa shape index (κ3) is 2.12. The number of fused-ring (bicyclic) bond motifs is 3. The van der Waals surface area contributed by atoms with Crippen LogP contribution in [0, 0.1) is 10.1 Å². The predicted octanol–water partition coefficient (Wildman–Crippen LogP) is 1.50. The second-order valence-corrected chi connectivity index (χ2v) is 4.96. The Kier molecular flexibility index (Phi) is 3.02. The number of non-ortho nitro benzene ring substituents is 1. The number of hydrogen-bond donors (Lipinski definition) is 0. The van der Waals surface area contributed by atoms with Crippen molar-refractivity contribution in [2.24, 2.45) is 0 Å². The summed E-state index contributed by atoms with van der Waals surface area (Å²) in [6.45, 7) is 6.79. The van der Waals surface area contributed by atoms with Gasteiger partial charge in [0.1, 0.15) is 12.4 Å². The number of hydrogen-bond acceptors (Lipinski definition) is 5. The molecule has 1 aromatic carbocycles. The van der Waals surface area contributed by atoms with Gasteiger partial charge in [-0.15, -0.1) is 0 Å². The van der Waals surface area contributed by atoms with Crippen LogP contribution in [0.5, 0.6) is 5.75 Å². The minimum absolute atomic E-state index is 0.0874. The molecule has 3 rings (SSSR count). The Labute approximate surface area is 111 Å². The molecule has 6 nitrogen and oxygen atoms in total. The maximum atomic E-state index is 10.8. The number of ether oxygens (including phenoxy) is 1. The standard InChI is InChI=1S/C13H17N3O3/c1-2-14-5-6-15-11(8-14)9-19-13-7-10(16(17)18)3-4-12(13)15/h3-4,7,11H,2,5-6,8-9H2,1H3/t11-/m0/s1. The Morgan fingerprint density at radius 1 is 1.47 bits per heavy atom. The van der Waals surface area contributed by atoms with E-state index in [1.165, 1.54) is 6.07 Å². The van der Waals surface area contributed by atoms with E-state index in [-0.39, 0.29) is 10.6 Å². The van der Waals surface area contributed by atoms with Crippen molar-refractivity contribution in [3.8, 4) is 5.75 Å². The molecule has 0 N–H and O–H groups in total. The van der Waals surface area contributed by atoms with E-state index in [2.05, 4.69) is 16.7 Å². The van der Waals surface area contributed by atoms with Crippen molar-refractivity contribution in [1.82, 2.24) is 4.90 Å². The lowest BCUT2D eigenvalue weighted by Gasteiger charge is -2.45. The van der Waals surface area contributed by atoms with Crippen LogP contribution in [0.25, 0.3) is 0 Å². The molecule has 0 amide bonds. The van der Waals surface area contributed by atoms with Gasteiger partial charge in [-0.3, -0.25) is 15.0 Å². The molecule has 1 atom stereocenters. The summed E-state index contributed by atoms with van der Waals surface area (Å²) in [5, 5.41) is 10.8. The van der Waals surface area contributed by atoms with E-state index in [1.807, 2.05) is 0 Å². The zero-order valence-electron chi connectivity index (χ0n) is 10.9. The van der Waals surface area contributed by atoms with Crippen LogP contribution >= 0.6 is 0 Å². The monoisotopic (exact) mass is 263 g/mol. The molecule has 19 heavy (non-hydrogen) atoms. The lowest BCUT2D eigenvalue weighted by atomic mass is 10.1. The van der Waals surface area contributed by atoms with E-state index in [9.17, 15) is 10.1 Å². The molecule has 0 unspecified atom stereocenters. The third-order valence-electron chi connectivity index (χ3n) is 3.91.